The van der Waals surface area contributed by atoms with Crippen LogP contribution < -0.4 is 0 Å². The first-order valence-electron chi connectivity index (χ1n) is 10.4. The number of methoxy groups -OCH3 is 2. The molecule has 8 nitrogen and oxygen atoms in total. The minimum atomic E-state index is -1.39. The zero-order chi connectivity index (χ0) is 20.8. The summed E-state index contributed by atoms with van der Waals surface area (Å²) in [6.45, 7) is 1.86. The zero-order valence-electron chi connectivity index (χ0n) is 17.1. The maximum Gasteiger partial charge on any atom is 0.315 e. The smallest absolute Gasteiger partial charge is 0.315 e. The summed E-state index contributed by atoms with van der Waals surface area (Å²) in [6.07, 6.45) is 2.00. The molecule has 1 aliphatic heterocycles. The van der Waals surface area contributed by atoms with Crippen molar-refractivity contribution in [3.8, 4) is 0 Å². The summed E-state index contributed by atoms with van der Waals surface area (Å²) in [5.41, 5.74) is -3.97. The van der Waals surface area contributed by atoms with Crippen LogP contribution in [0.5, 0.6) is 0 Å². The maximum atomic E-state index is 13.2. The fourth-order valence-electron chi connectivity index (χ4n) is 7.98. The van der Waals surface area contributed by atoms with Gasteiger partial charge in [0.25, 0.3) is 0 Å². The molecule has 1 saturated heterocycles. The Bertz CT molecular complexity index is 796. The van der Waals surface area contributed by atoms with E-state index in [1.165, 1.54) is 14.2 Å². The Morgan fingerprint density at radius 1 is 1.24 bits per heavy atom. The average Bonchev–Trinajstić information content (AvgIpc) is 3.10. The largest absolute Gasteiger partial charge is 0.469 e. The molecule has 0 unspecified atom stereocenters. The highest BCUT2D eigenvalue weighted by Crippen LogP contribution is 2.77. The van der Waals surface area contributed by atoms with E-state index < -0.39 is 45.9 Å². The second-order valence-corrected chi connectivity index (χ2v) is 9.84. The molecule has 4 aliphatic carbocycles. The van der Waals surface area contributed by atoms with Gasteiger partial charge in [-0.2, -0.15) is 0 Å². The van der Waals surface area contributed by atoms with Gasteiger partial charge in [0.2, 0.25) is 0 Å². The molecule has 0 amide bonds. The molecule has 4 bridgehead atoms. The Morgan fingerprint density at radius 3 is 2.69 bits per heavy atom. The van der Waals surface area contributed by atoms with Crippen molar-refractivity contribution in [2.75, 3.05) is 21.0 Å². The number of ketones is 1. The van der Waals surface area contributed by atoms with Crippen LogP contribution in [0.25, 0.3) is 0 Å². The van der Waals surface area contributed by atoms with Crippen molar-refractivity contribution in [3.05, 3.63) is 0 Å². The Morgan fingerprint density at radius 2 is 2.00 bits per heavy atom. The third-order valence-corrected chi connectivity index (χ3v) is 8.92. The Kier molecular flexibility index (Phi) is 3.89. The third-order valence-electron chi connectivity index (χ3n) is 8.92. The van der Waals surface area contributed by atoms with Gasteiger partial charge in [-0.3, -0.25) is 14.4 Å². The normalized spacial score (nSPS) is 52.1. The van der Waals surface area contributed by atoms with Gasteiger partial charge >= 0.3 is 11.9 Å². The van der Waals surface area contributed by atoms with E-state index in [-0.39, 0.29) is 37.3 Å². The number of aliphatic hydroxyl groups is 1. The molecule has 0 aromatic heterocycles. The third kappa shape index (κ3) is 2.03. The lowest BCUT2D eigenvalue weighted by Crippen LogP contribution is -2.54. The van der Waals surface area contributed by atoms with Crippen LogP contribution in [0.15, 0.2) is 0 Å². The van der Waals surface area contributed by atoms with Gasteiger partial charge in [-0.25, -0.2) is 0 Å². The molecule has 5 fully saturated rings. The minimum absolute atomic E-state index is 0.0446. The first-order chi connectivity index (χ1) is 13.7. The second kappa shape index (κ2) is 5.80. The Labute approximate surface area is 169 Å². The van der Waals surface area contributed by atoms with Crippen molar-refractivity contribution in [2.45, 2.75) is 62.8 Å². The number of Topliss-reactive ketones (excluding diaryl/α,β-unsaturated/α-hetero) is 1. The van der Waals surface area contributed by atoms with Gasteiger partial charge in [0.05, 0.1) is 24.5 Å². The lowest BCUT2D eigenvalue weighted by Gasteiger charge is -2.45. The number of carbonyl (C=O) groups is 3. The van der Waals surface area contributed by atoms with Crippen LogP contribution >= 0.6 is 0 Å². The van der Waals surface area contributed by atoms with Crippen LogP contribution in [-0.2, 0) is 33.3 Å². The zero-order valence-corrected chi connectivity index (χ0v) is 17.1. The molecule has 5 aliphatic rings. The molecule has 0 radical (unpaired) electrons. The lowest BCUT2D eigenvalue weighted by atomic mass is 9.59. The van der Waals surface area contributed by atoms with E-state index in [0.717, 1.165) is 0 Å². The average molecular weight is 408 g/mol. The predicted molar refractivity (Wildman–Crippen MR) is 96.3 cm³/mol. The van der Waals surface area contributed by atoms with E-state index in [4.69, 9.17) is 18.9 Å². The van der Waals surface area contributed by atoms with E-state index in [9.17, 15) is 19.5 Å². The fraction of sp³-hybridized carbons (Fsp3) is 0.857. The summed E-state index contributed by atoms with van der Waals surface area (Å²) >= 11 is 0. The lowest BCUT2D eigenvalue weighted by molar-refractivity contribution is -0.172. The molecule has 1 N–H and O–H groups in total. The summed E-state index contributed by atoms with van der Waals surface area (Å²) in [5, 5.41) is 10.9. The van der Waals surface area contributed by atoms with Crippen LogP contribution in [0.1, 0.15) is 45.4 Å². The van der Waals surface area contributed by atoms with Gasteiger partial charge in [0.15, 0.2) is 5.78 Å². The number of fused-ring (bicyclic) bond motifs is 1. The van der Waals surface area contributed by atoms with Crippen molar-refractivity contribution < 1.29 is 38.4 Å². The van der Waals surface area contributed by atoms with Crippen molar-refractivity contribution in [1.82, 2.24) is 0 Å². The summed E-state index contributed by atoms with van der Waals surface area (Å²) in [6, 6.07) is 0. The van der Waals surface area contributed by atoms with Crippen LogP contribution in [-0.4, -0.2) is 61.1 Å². The monoisotopic (exact) mass is 408 g/mol. The van der Waals surface area contributed by atoms with Crippen LogP contribution in [0.4, 0.5) is 0 Å². The van der Waals surface area contributed by atoms with E-state index in [2.05, 4.69) is 0 Å². The predicted octanol–water partition coefficient (Wildman–Crippen LogP) is 0.981. The topological polar surface area (TPSA) is 108 Å². The van der Waals surface area contributed by atoms with Crippen LogP contribution in [0.3, 0.4) is 0 Å². The summed E-state index contributed by atoms with van der Waals surface area (Å²) in [4.78, 5) is 39.1. The van der Waals surface area contributed by atoms with Crippen molar-refractivity contribution >= 4 is 17.7 Å². The first kappa shape index (κ1) is 19.5. The standard InChI is InChI=1S/C21H28O8/c1-18-13(28-10-26-2)5-7-21(29-17(18)24)11-4-6-20(25)9-19(11,8-12(20)22)14(15(18)21)16(23)27-3/h11,13-15,25H,4-10H2,1-3H3/t11-,13+,14-,15-,18-,19+,20+,21-/m1/s1. The summed E-state index contributed by atoms with van der Waals surface area (Å²) in [7, 11) is 2.85. The van der Waals surface area contributed by atoms with Gasteiger partial charge in [-0.05, 0) is 39.0 Å². The van der Waals surface area contributed by atoms with E-state index in [1.54, 1.807) is 0 Å². The number of esters is 2. The van der Waals surface area contributed by atoms with E-state index in [0.29, 0.717) is 25.7 Å². The summed E-state index contributed by atoms with van der Waals surface area (Å²) in [5.74, 6) is -2.29. The van der Waals surface area contributed by atoms with Gasteiger partial charge in [0, 0.05) is 30.8 Å². The molecule has 8 heteroatoms. The highest BCUT2D eigenvalue weighted by Gasteiger charge is 2.85. The van der Waals surface area contributed by atoms with Gasteiger partial charge in [0.1, 0.15) is 18.0 Å². The highest BCUT2D eigenvalue weighted by atomic mass is 16.7. The second-order valence-electron chi connectivity index (χ2n) is 9.84. The number of carbonyl (C=O) groups excluding carboxylic acids is 3. The molecule has 1 heterocycles. The molecule has 0 aromatic carbocycles. The van der Waals surface area contributed by atoms with Crippen LogP contribution in [0.2, 0.25) is 0 Å². The van der Waals surface area contributed by atoms with Gasteiger partial charge < -0.3 is 24.1 Å². The van der Waals surface area contributed by atoms with Crippen molar-refractivity contribution in [1.29, 1.82) is 0 Å². The van der Waals surface area contributed by atoms with Gasteiger partial charge in [-0.15, -0.1) is 0 Å². The number of hydrogen-bond acceptors (Lipinski definition) is 8. The molecular formula is C21H28O8. The number of hydrogen-bond donors (Lipinski definition) is 1. The molecule has 8 atom stereocenters. The van der Waals surface area contributed by atoms with Crippen LogP contribution in [0, 0.1) is 28.6 Å². The molecule has 1 spiro atoms. The quantitative estimate of drug-likeness (QED) is 0.542. The Balaban J connectivity index is 1.68. The van der Waals surface area contributed by atoms with Gasteiger partial charge in [-0.1, -0.05) is 0 Å². The summed E-state index contributed by atoms with van der Waals surface area (Å²) < 4.78 is 22.3. The minimum Gasteiger partial charge on any atom is -0.469 e. The molecule has 160 valence electrons. The first-order valence-corrected chi connectivity index (χ1v) is 10.4. The van der Waals surface area contributed by atoms with Crippen molar-refractivity contribution in [3.63, 3.8) is 0 Å². The van der Waals surface area contributed by atoms with E-state index >= 15 is 0 Å². The highest BCUT2D eigenvalue weighted by molar-refractivity contribution is 5.93. The number of ether oxygens (including phenoxy) is 4. The maximum absolute atomic E-state index is 13.2. The molecule has 0 aromatic rings. The van der Waals surface area contributed by atoms with Crippen molar-refractivity contribution in [2.24, 2.45) is 28.6 Å². The number of rotatable bonds is 4. The molecular weight excluding hydrogens is 380 g/mol. The molecule has 5 rings (SSSR count). The Hall–Kier alpha value is -1.51. The fourth-order valence-corrected chi connectivity index (χ4v) is 7.98. The molecule has 29 heavy (non-hydrogen) atoms. The SMILES string of the molecule is COCO[C@H]1CC[C@]23OC(=O)[C@@]1(C)[C@H]2[C@H](C(=O)OC)[C@]12CC(=O)[C@](O)(CC[C@H]13)C2. The molecule has 4 saturated carbocycles. The van der Waals surface area contributed by atoms with E-state index in [1.807, 2.05) is 6.92 Å².